The molecule has 0 atom stereocenters. The van der Waals surface area contributed by atoms with Crippen molar-refractivity contribution < 1.29 is 0 Å². The van der Waals surface area contributed by atoms with Crippen LogP contribution < -0.4 is 0 Å². The number of hydrogen-bond donors (Lipinski definition) is 1. The topological polar surface area (TPSA) is 28.7 Å². The number of hydrogen-bond acceptors (Lipinski definition) is 1. The standard InChI is InChI=1S/C7H4BrIN2/c8-4-1-2-5-7(6(4)9)11-3-10-5/h1-3H,(H,10,11). The summed E-state index contributed by atoms with van der Waals surface area (Å²) in [5.74, 6) is 0. The SMILES string of the molecule is Brc1ccc2[nH]cnc2c1I. The molecule has 1 heterocycles. The lowest BCUT2D eigenvalue weighted by Gasteiger charge is -1.94. The Morgan fingerprint density at radius 1 is 1.45 bits per heavy atom. The van der Waals surface area contributed by atoms with Gasteiger partial charge in [-0.2, -0.15) is 0 Å². The fourth-order valence-electron chi connectivity index (χ4n) is 0.949. The van der Waals surface area contributed by atoms with E-state index in [-0.39, 0.29) is 0 Å². The third-order valence-corrected chi connectivity index (χ3v) is 3.98. The first-order valence-electron chi connectivity index (χ1n) is 3.06. The molecule has 1 N–H and O–H groups in total. The van der Waals surface area contributed by atoms with Crippen LogP contribution in [0.5, 0.6) is 0 Å². The number of H-pyrrole nitrogens is 1. The first-order valence-corrected chi connectivity index (χ1v) is 4.93. The minimum atomic E-state index is 1.03. The van der Waals surface area contributed by atoms with Crippen LogP contribution in [-0.4, -0.2) is 9.97 Å². The number of aromatic nitrogens is 2. The average molecular weight is 323 g/mol. The normalized spacial score (nSPS) is 10.7. The summed E-state index contributed by atoms with van der Waals surface area (Å²) in [4.78, 5) is 7.24. The van der Waals surface area contributed by atoms with E-state index in [1.54, 1.807) is 6.33 Å². The molecule has 2 aromatic rings. The Kier molecular flexibility index (Phi) is 1.88. The molecule has 0 aliphatic rings. The van der Waals surface area contributed by atoms with Gasteiger partial charge in [-0.05, 0) is 50.7 Å². The number of nitrogens with one attached hydrogen (secondary N) is 1. The minimum Gasteiger partial charge on any atom is -0.345 e. The fraction of sp³-hybridized carbons (Fsp3) is 0. The summed E-state index contributed by atoms with van der Waals surface area (Å²) in [6, 6.07) is 4.02. The Labute approximate surface area is 85.7 Å². The van der Waals surface area contributed by atoms with Crippen molar-refractivity contribution in [1.82, 2.24) is 9.97 Å². The van der Waals surface area contributed by atoms with Crippen LogP contribution in [0, 0.1) is 3.57 Å². The van der Waals surface area contributed by atoms with Gasteiger partial charge in [-0.15, -0.1) is 0 Å². The summed E-state index contributed by atoms with van der Waals surface area (Å²) in [6.45, 7) is 0. The first kappa shape index (κ1) is 7.54. The predicted octanol–water partition coefficient (Wildman–Crippen LogP) is 2.93. The van der Waals surface area contributed by atoms with Gasteiger partial charge in [-0.3, -0.25) is 0 Å². The highest BCUT2D eigenvalue weighted by molar-refractivity contribution is 14.1. The van der Waals surface area contributed by atoms with Gasteiger partial charge in [0.2, 0.25) is 0 Å². The van der Waals surface area contributed by atoms with E-state index in [1.165, 1.54) is 0 Å². The molecule has 0 aliphatic heterocycles. The van der Waals surface area contributed by atoms with E-state index in [9.17, 15) is 0 Å². The highest BCUT2D eigenvalue weighted by atomic mass is 127. The van der Waals surface area contributed by atoms with E-state index < -0.39 is 0 Å². The molecule has 2 nitrogen and oxygen atoms in total. The number of halogens is 2. The quantitative estimate of drug-likeness (QED) is 0.742. The number of aromatic amines is 1. The molecule has 0 spiro atoms. The monoisotopic (exact) mass is 322 g/mol. The van der Waals surface area contributed by atoms with Crippen LogP contribution in [0.15, 0.2) is 22.9 Å². The van der Waals surface area contributed by atoms with Crippen molar-refractivity contribution in [2.75, 3.05) is 0 Å². The Morgan fingerprint density at radius 2 is 2.27 bits per heavy atom. The molecule has 11 heavy (non-hydrogen) atoms. The van der Waals surface area contributed by atoms with Gasteiger partial charge in [-0.25, -0.2) is 4.98 Å². The van der Waals surface area contributed by atoms with Crippen LogP contribution in [-0.2, 0) is 0 Å². The Hall–Kier alpha value is -0.100. The smallest absolute Gasteiger partial charge is 0.103 e. The van der Waals surface area contributed by atoms with Crippen molar-refractivity contribution in [2.45, 2.75) is 0 Å². The molecule has 0 bridgehead atoms. The van der Waals surface area contributed by atoms with E-state index in [4.69, 9.17) is 0 Å². The molecule has 4 heteroatoms. The lowest BCUT2D eigenvalue weighted by Crippen LogP contribution is -1.77. The zero-order chi connectivity index (χ0) is 7.84. The van der Waals surface area contributed by atoms with E-state index in [2.05, 4.69) is 48.5 Å². The summed E-state index contributed by atoms with van der Waals surface area (Å²) in [7, 11) is 0. The summed E-state index contributed by atoms with van der Waals surface area (Å²) in [5.41, 5.74) is 2.11. The van der Waals surface area contributed by atoms with Gasteiger partial charge >= 0.3 is 0 Å². The summed E-state index contributed by atoms with van der Waals surface area (Å²) in [6.07, 6.45) is 1.71. The molecule has 0 unspecified atom stereocenters. The molecule has 2 rings (SSSR count). The van der Waals surface area contributed by atoms with E-state index >= 15 is 0 Å². The van der Waals surface area contributed by atoms with Gasteiger partial charge < -0.3 is 4.98 Å². The average Bonchev–Trinajstić information content (AvgIpc) is 2.45. The summed E-state index contributed by atoms with van der Waals surface area (Å²) < 4.78 is 2.25. The van der Waals surface area contributed by atoms with Crippen molar-refractivity contribution in [1.29, 1.82) is 0 Å². The minimum absolute atomic E-state index is 1.03. The maximum Gasteiger partial charge on any atom is 0.103 e. The van der Waals surface area contributed by atoms with Gasteiger partial charge in [0.25, 0.3) is 0 Å². The third-order valence-electron chi connectivity index (χ3n) is 1.48. The highest BCUT2D eigenvalue weighted by Crippen LogP contribution is 2.25. The van der Waals surface area contributed by atoms with Gasteiger partial charge in [0.1, 0.15) is 5.52 Å². The molecule has 0 aliphatic carbocycles. The second-order valence-electron chi connectivity index (χ2n) is 2.16. The van der Waals surface area contributed by atoms with E-state index in [0.29, 0.717) is 0 Å². The molecule has 0 radical (unpaired) electrons. The van der Waals surface area contributed by atoms with Crippen LogP contribution in [0.3, 0.4) is 0 Å². The van der Waals surface area contributed by atoms with Gasteiger partial charge in [0.15, 0.2) is 0 Å². The second-order valence-corrected chi connectivity index (χ2v) is 4.09. The fourth-order valence-corrected chi connectivity index (χ4v) is 1.88. The Balaban J connectivity index is 2.93. The molecule has 0 amide bonds. The molecular weight excluding hydrogens is 319 g/mol. The summed E-state index contributed by atoms with van der Waals surface area (Å²) >= 11 is 5.71. The van der Waals surface area contributed by atoms with E-state index in [1.807, 2.05) is 12.1 Å². The van der Waals surface area contributed by atoms with Crippen LogP contribution >= 0.6 is 38.5 Å². The number of imidazole rings is 1. The van der Waals surface area contributed by atoms with E-state index in [0.717, 1.165) is 19.1 Å². The van der Waals surface area contributed by atoms with Crippen LogP contribution in [0.2, 0.25) is 0 Å². The number of fused-ring (bicyclic) bond motifs is 1. The molecule has 0 fully saturated rings. The molecule has 0 saturated heterocycles. The number of nitrogens with zero attached hydrogens (tertiary/aromatic N) is 1. The number of benzene rings is 1. The van der Waals surface area contributed by atoms with Crippen molar-refractivity contribution >= 4 is 49.6 Å². The first-order chi connectivity index (χ1) is 5.29. The zero-order valence-electron chi connectivity index (χ0n) is 5.44. The molecule has 1 aromatic heterocycles. The van der Waals surface area contributed by atoms with Crippen molar-refractivity contribution in [3.63, 3.8) is 0 Å². The maximum absolute atomic E-state index is 4.19. The van der Waals surface area contributed by atoms with Gasteiger partial charge in [0, 0.05) is 4.47 Å². The molecule has 56 valence electrons. The molecule has 1 aromatic carbocycles. The molecule has 0 saturated carbocycles. The Morgan fingerprint density at radius 3 is 3.09 bits per heavy atom. The lowest BCUT2D eigenvalue weighted by atomic mass is 10.3. The lowest BCUT2D eigenvalue weighted by molar-refractivity contribution is 1.34. The summed E-state index contributed by atoms with van der Waals surface area (Å²) in [5, 5.41) is 0. The van der Waals surface area contributed by atoms with Crippen LogP contribution in [0.4, 0.5) is 0 Å². The zero-order valence-corrected chi connectivity index (χ0v) is 9.18. The van der Waals surface area contributed by atoms with Gasteiger partial charge in [-0.1, -0.05) is 0 Å². The van der Waals surface area contributed by atoms with Crippen molar-refractivity contribution in [2.24, 2.45) is 0 Å². The predicted molar refractivity (Wildman–Crippen MR) is 56.5 cm³/mol. The van der Waals surface area contributed by atoms with Crippen LogP contribution in [0.1, 0.15) is 0 Å². The maximum atomic E-state index is 4.19. The molecular formula is C7H4BrIN2. The van der Waals surface area contributed by atoms with Crippen LogP contribution in [0.25, 0.3) is 11.0 Å². The second kappa shape index (κ2) is 2.75. The largest absolute Gasteiger partial charge is 0.345 e. The van der Waals surface area contributed by atoms with Crippen molar-refractivity contribution in [3.8, 4) is 0 Å². The Bertz CT molecular complexity index is 396. The van der Waals surface area contributed by atoms with Crippen molar-refractivity contribution in [3.05, 3.63) is 26.5 Å². The number of rotatable bonds is 0. The van der Waals surface area contributed by atoms with Gasteiger partial charge in [0.05, 0.1) is 15.4 Å². The highest BCUT2D eigenvalue weighted by Gasteiger charge is 2.03. The third kappa shape index (κ3) is 1.18.